The van der Waals surface area contributed by atoms with Crippen molar-refractivity contribution < 1.29 is 0 Å². The fourth-order valence-corrected chi connectivity index (χ4v) is 1.88. The molecule has 0 unspecified atom stereocenters. The Morgan fingerprint density at radius 3 is 2.44 bits per heavy atom. The summed E-state index contributed by atoms with van der Waals surface area (Å²) in [6, 6.07) is 8.61. The van der Waals surface area contributed by atoms with Crippen molar-refractivity contribution in [1.29, 1.82) is 0 Å². The molecule has 0 saturated carbocycles. The van der Waals surface area contributed by atoms with Gasteiger partial charge in [-0.2, -0.15) is 0 Å². The second-order valence-electron chi connectivity index (χ2n) is 4.33. The lowest BCUT2D eigenvalue weighted by Gasteiger charge is -2.19. The zero-order valence-electron chi connectivity index (χ0n) is 10.8. The van der Waals surface area contributed by atoms with Crippen LogP contribution in [0.1, 0.15) is 18.1 Å². The van der Waals surface area contributed by atoms with Crippen LogP contribution in [-0.4, -0.2) is 17.0 Å². The topological polar surface area (TPSA) is 55.0 Å². The average molecular weight is 242 g/mol. The summed E-state index contributed by atoms with van der Waals surface area (Å²) in [6.07, 6.45) is 4.20. The van der Waals surface area contributed by atoms with Crippen molar-refractivity contribution in [2.24, 2.45) is 0 Å². The van der Waals surface area contributed by atoms with Crippen molar-refractivity contribution in [3.63, 3.8) is 0 Å². The molecule has 0 amide bonds. The lowest BCUT2D eigenvalue weighted by atomic mass is 10.1. The number of aryl methyl sites for hydroxylation is 1. The fraction of sp³-hybridized carbons (Fsp3) is 0.286. The first-order valence-electron chi connectivity index (χ1n) is 6.05. The Morgan fingerprint density at radius 2 is 1.83 bits per heavy atom. The van der Waals surface area contributed by atoms with E-state index in [4.69, 9.17) is 5.73 Å². The molecule has 94 valence electrons. The molecule has 1 heterocycles. The maximum Gasteiger partial charge on any atom is 0.155 e. The number of anilines is 2. The van der Waals surface area contributed by atoms with Gasteiger partial charge in [0.25, 0.3) is 0 Å². The largest absolute Gasteiger partial charge is 0.394 e. The average Bonchev–Trinajstić information content (AvgIpc) is 2.40. The van der Waals surface area contributed by atoms with Gasteiger partial charge in [-0.05, 0) is 17.5 Å². The fourth-order valence-electron chi connectivity index (χ4n) is 1.88. The molecule has 4 nitrogen and oxygen atoms in total. The smallest absolute Gasteiger partial charge is 0.155 e. The van der Waals surface area contributed by atoms with Crippen LogP contribution in [0.2, 0.25) is 0 Å². The van der Waals surface area contributed by atoms with Crippen LogP contribution in [0.15, 0.2) is 36.8 Å². The molecule has 0 bridgehead atoms. The van der Waals surface area contributed by atoms with Gasteiger partial charge in [-0.3, -0.25) is 0 Å². The first kappa shape index (κ1) is 12.4. The number of nitrogen functional groups attached to an aromatic ring is 1. The maximum absolute atomic E-state index is 5.85. The minimum Gasteiger partial charge on any atom is -0.394 e. The molecule has 4 heteroatoms. The molecule has 18 heavy (non-hydrogen) atoms. The Morgan fingerprint density at radius 1 is 1.17 bits per heavy atom. The van der Waals surface area contributed by atoms with E-state index >= 15 is 0 Å². The van der Waals surface area contributed by atoms with Crippen molar-refractivity contribution in [2.75, 3.05) is 17.7 Å². The highest BCUT2D eigenvalue weighted by Crippen LogP contribution is 2.18. The van der Waals surface area contributed by atoms with E-state index in [0.717, 1.165) is 18.8 Å². The zero-order chi connectivity index (χ0) is 13.0. The molecule has 0 atom stereocenters. The Labute approximate surface area is 107 Å². The molecular formula is C14H18N4. The Hall–Kier alpha value is -2.10. The molecule has 1 aromatic heterocycles. The van der Waals surface area contributed by atoms with Gasteiger partial charge in [-0.25, -0.2) is 9.97 Å². The van der Waals surface area contributed by atoms with Crippen LogP contribution in [0.25, 0.3) is 0 Å². The van der Waals surface area contributed by atoms with Crippen molar-refractivity contribution in [2.45, 2.75) is 19.9 Å². The van der Waals surface area contributed by atoms with E-state index in [1.54, 1.807) is 6.20 Å². The summed E-state index contributed by atoms with van der Waals surface area (Å²) in [6.45, 7) is 2.94. The van der Waals surface area contributed by atoms with E-state index in [-0.39, 0.29) is 0 Å². The highest BCUT2D eigenvalue weighted by Gasteiger charge is 2.07. The summed E-state index contributed by atoms with van der Waals surface area (Å²) >= 11 is 0. The van der Waals surface area contributed by atoms with Gasteiger partial charge in [0.1, 0.15) is 6.33 Å². The number of nitrogens with zero attached hydrogens (tertiary/aromatic N) is 3. The summed E-state index contributed by atoms with van der Waals surface area (Å²) in [5.74, 6) is 0.768. The Bertz CT molecular complexity index is 507. The van der Waals surface area contributed by atoms with Gasteiger partial charge in [-0.15, -0.1) is 0 Å². The van der Waals surface area contributed by atoms with Gasteiger partial charge >= 0.3 is 0 Å². The first-order valence-corrected chi connectivity index (χ1v) is 6.05. The van der Waals surface area contributed by atoms with Crippen molar-refractivity contribution in [1.82, 2.24) is 9.97 Å². The van der Waals surface area contributed by atoms with Crippen LogP contribution in [0.5, 0.6) is 0 Å². The monoisotopic (exact) mass is 242 g/mol. The van der Waals surface area contributed by atoms with Gasteiger partial charge < -0.3 is 10.6 Å². The summed E-state index contributed by atoms with van der Waals surface area (Å²) in [5.41, 5.74) is 9.05. The normalized spacial score (nSPS) is 10.3. The van der Waals surface area contributed by atoms with Gasteiger partial charge in [0.05, 0.1) is 11.9 Å². The number of benzene rings is 1. The number of rotatable bonds is 4. The lowest BCUT2D eigenvalue weighted by Crippen LogP contribution is -2.19. The van der Waals surface area contributed by atoms with Gasteiger partial charge in [0.15, 0.2) is 5.82 Å². The first-order chi connectivity index (χ1) is 8.70. The number of aromatic nitrogens is 2. The quantitative estimate of drug-likeness (QED) is 0.893. The van der Waals surface area contributed by atoms with E-state index in [1.165, 1.54) is 17.5 Å². The molecule has 0 spiro atoms. The van der Waals surface area contributed by atoms with Crippen LogP contribution in [0.4, 0.5) is 11.5 Å². The minimum atomic E-state index is 0.602. The van der Waals surface area contributed by atoms with Crippen LogP contribution in [-0.2, 0) is 13.0 Å². The lowest BCUT2D eigenvalue weighted by molar-refractivity contribution is 0.892. The summed E-state index contributed by atoms with van der Waals surface area (Å²) in [5, 5.41) is 0. The molecule has 0 fully saturated rings. The third-order valence-electron chi connectivity index (χ3n) is 2.93. The highest BCUT2D eigenvalue weighted by molar-refractivity contribution is 5.60. The third kappa shape index (κ3) is 2.77. The van der Waals surface area contributed by atoms with Crippen LogP contribution in [0, 0.1) is 0 Å². The second kappa shape index (κ2) is 5.49. The Kier molecular flexibility index (Phi) is 3.77. The molecule has 0 aliphatic carbocycles. The molecule has 2 N–H and O–H groups in total. The summed E-state index contributed by atoms with van der Waals surface area (Å²) in [7, 11) is 1.98. The molecule has 0 saturated heterocycles. The summed E-state index contributed by atoms with van der Waals surface area (Å²) < 4.78 is 0. The van der Waals surface area contributed by atoms with Crippen molar-refractivity contribution in [3.8, 4) is 0 Å². The van der Waals surface area contributed by atoms with Crippen LogP contribution < -0.4 is 10.6 Å². The molecule has 2 rings (SSSR count). The van der Waals surface area contributed by atoms with E-state index in [1.807, 2.05) is 11.9 Å². The highest BCUT2D eigenvalue weighted by atomic mass is 15.2. The predicted molar refractivity (Wildman–Crippen MR) is 74.4 cm³/mol. The van der Waals surface area contributed by atoms with E-state index in [2.05, 4.69) is 41.2 Å². The molecule has 0 aliphatic rings. The van der Waals surface area contributed by atoms with Crippen molar-refractivity contribution >= 4 is 11.5 Å². The summed E-state index contributed by atoms with van der Waals surface area (Å²) in [4.78, 5) is 10.1. The molecule has 1 aromatic carbocycles. The van der Waals surface area contributed by atoms with Crippen LogP contribution in [0.3, 0.4) is 0 Å². The number of hydrogen-bond donors (Lipinski definition) is 1. The standard InChI is InChI=1S/C14H18N4/c1-3-11-4-6-12(7-5-11)9-18(2)14-13(15)8-16-10-17-14/h4-8,10H,3,9,15H2,1-2H3. The number of nitrogens with two attached hydrogens (primary N) is 1. The third-order valence-corrected chi connectivity index (χ3v) is 2.93. The maximum atomic E-state index is 5.85. The SMILES string of the molecule is CCc1ccc(CN(C)c2ncncc2N)cc1. The second-order valence-corrected chi connectivity index (χ2v) is 4.33. The molecule has 0 radical (unpaired) electrons. The zero-order valence-corrected chi connectivity index (χ0v) is 10.8. The minimum absolute atomic E-state index is 0.602. The van der Waals surface area contributed by atoms with Crippen LogP contribution >= 0.6 is 0 Å². The van der Waals surface area contributed by atoms with E-state index < -0.39 is 0 Å². The predicted octanol–water partition coefficient (Wildman–Crippen LogP) is 2.26. The number of hydrogen-bond acceptors (Lipinski definition) is 4. The molecular weight excluding hydrogens is 224 g/mol. The molecule has 2 aromatic rings. The Balaban J connectivity index is 2.11. The van der Waals surface area contributed by atoms with Gasteiger partial charge in [0.2, 0.25) is 0 Å². The molecule has 0 aliphatic heterocycles. The van der Waals surface area contributed by atoms with E-state index in [9.17, 15) is 0 Å². The van der Waals surface area contributed by atoms with E-state index in [0.29, 0.717) is 5.69 Å². The van der Waals surface area contributed by atoms with Crippen molar-refractivity contribution in [3.05, 3.63) is 47.9 Å². The van der Waals surface area contributed by atoms with Gasteiger partial charge in [0, 0.05) is 13.6 Å². The van der Waals surface area contributed by atoms with Gasteiger partial charge in [-0.1, -0.05) is 31.2 Å².